The monoisotopic (exact) mass is 158 g/mol. The van der Waals surface area contributed by atoms with Crippen LogP contribution in [0.2, 0.25) is 0 Å². The second-order valence-electron chi connectivity index (χ2n) is 2.33. The van der Waals surface area contributed by atoms with Crippen LogP contribution in [0.25, 0.3) is 0 Å². The van der Waals surface area contributed by atoms with Crippen LogP contribution in [0.15, 0.2) is 10.1 Å². The van der Waals surface area contributed by atoms with Crippen molar-refractivity contribution >= 4 is 23.0 Å². The molecule has 1 atom stereocenters. The molecule has 1 N–H and O–H groups in total. The fourth-order valence-electron chi connectivity index (χ4n) is 0.679. The van der Waals surface area contributed by atoms with E-state index >= 15 is 0 Å². The Balaban J connectivity index is 2.69. The summed E-state index contributed by atoms with van der Waals surface area (Å²) >= 11 is 1.49. The highest BCUT2D eigenvalue weighted by molar-refractivity contribution is 8.17. The van der Waals surface area contributed by atoms with Gasteiger partial charge in [0.25, 0.3) is 0 Å². The van der Waals surface area contributed by atoms with Crippen molar-refractivity contribution in [2.45, 2.75) is 25.1 Å². The molecule has 0 spiro atoms. The average Bonchev–Trinajstić information content (AvgIpc) is 2.33. The number of oxime groups is 1. The van der Waals surface area contributed by atoms with Gasteiger partial charge in [0.2, 0.25) is 0 Å². The predicted molar refractivity (Wildman–Crippen MR) is 44.0 cm³/mol. The summed E-state index contributed by atoms with van der Waals surface area (Å²) in [7, 11) is 0. The largest absolute Gasteiger partial charge is 0.410 e. The normalized spacial score (nSPS) is 35.6. The van der Waals surface area contributed by atoms with Gasteiger partial charge >= 0.3 is 0 Å². The van der Waals surface area contributed by atoms with Gasteiger partial charge in [0.15, 0.2) is 5.04 Å². The summed E-state index contributed by atoms with van der Waals surface area (Å²) in [6.45, 7) is 4.08. The van der Waals surface area contributed by atoms with Crippen LogP contribution >= 0.6 is 11.8 Å². The quantitative estimate of drug-likeness (QED) is 0.466. The van der Waals surface area contributed by atoms with Crippen LogP contribution in [-0.2, 0) is 0 Å². The maximum atomic E-state index is 8.37. The second kappa shape index (κ2) is 2.62. The molecule has 1 aliphatic rings. The molecule has 10 heavy (non-hydrogen) atoms. The summed E-state index contributed by atoms with van der Waals surface area (Å²) in [6.07, 6.45) is 2.56. The Bertz CT molecular complexity index is 190. The van der Waals surface area contributed by atoms with E-state index < -0.39 is 0 Å². The van der Waals surface area contributed by atoms with Crippen LogP contribution in [0.1, 0.15) is 20.3 Å². The van der Waals surface area contributed by atoms with Crippen LogP contribution in [-0.4, -0.2) is 21.3 Å². The fraction of sp³-hybridized carbons (Fsp3) is 0.667. The molecule has 0 bridgehead atoms. The second-order valence-corrected chi connectivity index (χ2v) is 3.83. The molecule has 0 fully saturated rings. The van der Waals surface area contributed by atoms with Gasteiger partial charge in [-0.2, -0.15) is 0 Å². The van der Waals surface area contributed by atoms with Crippen molar-refractivity contribution in [1.82, 2.24) is 0 Å². The Labute approximate surface area is 64.2 Å². The van der Waals surface area contributed by atoms with Gasteiger partial charge < -0.3 is 5.21 Å². The van der Waals surface area contributed by atoms with Gasteiger partial charge in [0, 0.05) is 0 Å². The van der Waals surface area contributed by atoms with E-state index in [4.69, 9.17) is 5.21 Å². The van der Waals surface area contributed by atoms with E-state index in [9.17, 15) is 0 Å². The summed E-state index contributed by atoms with van der Waals surface area (Å²) in [6, 6.07) is 0. The number of thioether (sulfide) groups is 1. The van der Waals surface area contributed by atoms with E-state index in [2.05, 4.69) is 17.1 Å². The summed E-state index contributed by atoms with van der Waals surface area (Å²) in [5.74, 6) is 0. The number of hydrogen-bond acceptors (Lipinski definition) is 4. The lowest BCUT2D eigenvalue weighted by Crippen LogP contribution is -2.11. The van der Waals surface area contributed by atoms with Gasteiger partial charge in [-0.25, -0.2) is 0 Å². The van der Waals surface area contributed by atoms with E-state index in [1.807, 2.05) is 6.92 Å². The van der Waals surface area contributed by atoms with Gasteiger partial charge in [0.05, 0.1) is 6.21 Å². The van der Waals surface area contributed by atoms with Crippen molar-refractivity contribution in [1.29, 1.82) is 0 Å². The minimum absolute atomic E-state index is 0.0957. The molecule has 1 heterocycles. The van der Waals surface area contributed by atoms with Crippen molar-refractivity contribution in [3.05, 3.63) is 0 Å². The summed E-state index contributed by atoms with van der Waals surface area (Å²) < 4.78 is 0. The summed E-state index contributed by atoms with van der Waals surface area (Å²) in [5, 5.41) is 12.0. The molecule has 0 radical (unpaired) electrons. The van der Waals surface area contributed by atoms with E-state index in [-0.39, 0.29) is 4.87 Å². The maximum absolute atomic E-state index is 8.37. The fourth-order valence-corrected chi connectivity index (χ4v) is 1.53. The van der Waals surface area contributed by atoms with Gasteiger partial charge in [0.1, 0.15) is 4.87 Å². The Morgan fingerprint density at radius 2 is 2.60 bits per heavy atom. The molecule has 0 aromatic carbocycles. The summed E-state index contributed by atoms with van der Waals surface area (Å²) in [4.78, 5) is 4.09. The van der Waals surface area contributed by atoms with Crippen molar-refractivity contribution in [2.24, 2.45) is 10.1 Å². The molecule has 56 valence electrons. The minimum atomic E-state index is -0.0957. The first-order chi connectivity index (χ1) is 4.70. The van der Waals surface area contributed by atoms with E-state index in [0.29, 0.717) is 5.04 Å². The highest BCUT2D eigenvalue weighted by atomic mass is 32.2. The Morgan fingerprint density at radius 1 is 1.90 bits per heavy atom. The van der Waals surface area contributed by atoms with Crippen molar-refractivity contribution < 1.29 is 5.21 Å². The minimum Gasteiger partial charge on any atom is -0.410 e. The van der Waals surface area contributed by atoms with E-state index in [1.165, 1.54) is 11.8 Å². The number of rotatable bonds is 1. The third-order valence-electron chi connectivity index (χ3n) is 1.53. The van der Waals surface area contributed by atoms with Crippen molar-refractivity contribution in [3.63, 3.8) is 0 Å². The van der Waals surface area contributed by atoms with Crippen LogP contribution < -0.4 is 0 Å². The molecule has 0 saturated carbocycles. The molecule has 1 rings (SSSR count). The molecule has 4 heteroatoms. The Morgan fingerprint density at radius 3 is 2.90 bits per heavy atom. The van der Waals surface area contributed by atoms with Crippen LogP contribution in [0.3, 0.4) is 0 Å². The zero-order valence-electron chi connectivity index (χ0n) is 6.03. The Hall–Kier alpha value is -0.510. The van der Waals surface area contributed by atoms with Gasteiger partial charge in [-0.1, -0.05) is 23.8 Å². The lowest BCUT2D eigenvalue weighted by atomic mass is 10.3. The molecule has 1 unspecified atom stereocenters. The first kappa shape index (κ1) is 7.60. The van der Waals surface area contributed by atoms with Gasteiger partial charge in [-0.05, 0) is 13.3 Å². The average molecular weight is 158 g/mol. The maximum Gasteiger partial charge on any atom is 0.155 e. The molecule has 0 aliphatic carbocycles. The molecular weight excluding hydrogens is 148 g/mol. The zero-order valence-corrected chi connectivity index (χ0v) is 6.85. The highest BCUT2D eigenvalue weighted by Gasteiger charge is 2.28. The first-order valence-electron chi connectivity index (χ1n) is 3.16. The highest BCUT2D eigenvalue weighted by Crippen LogP contribution is 2.34. The SMILES string of the molecule is CCC1(C)N=C/C(=N\O)S1. The molecule has 1 aliphatic heterocycles. The van der Waals surface area contributed by atoms with Gasteiger partial charge in [-0.15, -0.1) is 0 Å². The molecule has 0 amide bonds. The third kappa shape index (κ3) is 1.31. The van der Waals surface area contributed by atoms with Crippen LogP contribution in [0.5, 0.6) is 0 Å². The zero-order chi connectivity index (χ0) is 7.61. The van der Waals surface area contributed by atoms with E-state index in [0.717, 1.165) is 6.42 Å². The van der Waals surface area contributed by atoms with Crippen LogP contribution in [0, 0.1) is 0 Å². The lowest BCUT2D eigenvalue weighted by Gasteiger charge is -2.14. The van der Waals surface area contributed by atoms with Crippen molar-refractivity contribution in [3.8, 4) is 0 Å². The van der Waals surface area contributed by atoms with Crippen molar-refractivity contribution in [2.75, 3.05) is 0 Å². The standard InChI is InChI=1S/C6H10N2OS/c1-3-6(2)7-4-5(8-9)10-6/h4,9H,3H2,1-2H3/b8-5+. The Kier molecular flexibility index (Phi) is 1.99. The van der Waals surface area contributed by atoms with E-state index in [1.54, 1.807) is 6.21 Å². The van der Waals surface area contributed by atoms with Gasteiger partial charge in [-0.3, -0.25) is 4.99 Å². The molecular formula is C6H10N2OS. The predicted octanol–water partition coefficient (Wildman–Crippen LogP) is 1.72. The first-order valence-corrected chi connectivity index (χ1v) is 3.98. The number of hydrogen-bond donors (Lipinski definition) is 1. The smallest absolute Gasteiger partial charge is 0.155 e. The van der Waals surface area contributed by atoms with Crippen LogP contribution in [0.4, 0.5) is 0 Å². The third-order valence-corrected chi connectivity index (χ3v) is 2.76. The summed E-state index contributed by atoms with van der Waals surface area (Å²) in [5.41, 5.74) is 0. The molecule has 0 saturated heterocycles. The topological polar surface area (TPSA) is 45.0 Å². The number of aliphatic imine (C=N–C) groups is 1. The molecule has 0 aromatic heterocycles. The molecule has 3 nitrogen and oxygen atoms in total. The lowest BCUT2D eigenvalue weighted by molar-refractivity contribution is 0.322. The molecule has 0 aromatic rings. The number of nitrogens with zero attached hydrogens (tertiary/aromatic N) is 2.